The first-order valence-corrected chi connectivity index (χ1v) is 15.1. The average Bonchev–Trinajstić information content (AvgIpc) is 3.53. The molecule has 9 rings (SSSR count). The van der Waals surface area contributed by atoms with Crippen molar-refractivity contribution in [1.29, 1.82) is 0 Å². The summed E-state index contributed by atoms with van der Waals surface area (Å²) >= 11 is 0. The van der Waals surface area contributed by atoms with Gasteiger partial charge in [-0.1, -0.05) is 152 Å². The van der Waals surface area contributed by atoms with Crippen LogP contribution in [0.25, 0.3) is 88.0 Å². The van der Waals surface area contributed by atoms with Gasteiger partial charge >= 0.3 is 0 Å². The van der Waals surface area contributed by atoms with Crippen molar-refractivity contribution in [3.05, 3.63) is 170 Å². The van der Waals surface area contributed by atoms with Crippen LogP contribution in [0.15, 0.2) is 174 Å². The molecule has 8 aromatic carbocycles. The van der Waals surface area contributed by atoms with E-state index >= 15 is 0 Å². The third-order valence-corrected chi connectivity index (χ3v) is 8.74. The van der Waals surface area contributed by atoms with Gasteiger partial charge in [0.2, 0.25) is 0 Å². The first-order chi connectivity index (χ1) is 24.0. The molecule has 0 saturated carbocycles. The minimum absolute atomic E-state index is 0.0513. The Bertz CT molecular complexity index is 2660. The van der Waals surface area contributed by atoms with Crippen molar-refractivity contribution in [2.75, 3.05) is 0 Å². The summed E-state index contributed by atoms with van der Waals surface area (Å²) in [6.45, 7) is 0. The molecule has 0 saturated heterocycles. The molecule has 0 radical (unpaired) electrons. The van der Waals surface area contributed by atoms with E-state index in [1.54, 1.807) is 0 Å². The maximum absolute atomic E-state index is 9.25. The number of hydrogen-bond donors (Lipinski definition) is 0. The number of rotatable bonds is 4. The maximum atomic E-state index is 9.25. The van der Waals surface area contributed by atoms with Crippen LogP contribution >= 0.6 is 0 Å². The third kappa shape index (κ3) is 4.17. The topological polar surface area (TPSA) is 13.1 Å². The van der Waals surface area contributed by atoms with Crippen LogP contribution in [0.2, 0.25) is 0 Å². The number of furan rings is 1. The van der Waals surface area contributed by atoms with Gasteiger partial charge in [-0.15, -0.1) is 0 Å². The molecule has 0 fully saturated rings. The average molecular weight is 577 g/mol. The standard InChI is InChI=1S/C44H28O/c1-3-12-29(13-4-1)30-22-24-32(25-23-30)42-35-16-7-9-18-37(35)43(38-19-10-8-17-36(38)42)33-26-27-39-41(28-33)45-40-21-11-20-34(44(39)40)31-14-5-2-6-15-31/h1-28H/i22D,23D,24D,25D. The molecule has 0 spiro atoms. The second-order valence-corrected chi connectivity index (χ2v) is 11.3. The van der Waals surface area contributed by atoms with Crippen LogP contribution in [0.5, 0.6) is 0 Å². The Kier molecular flexibility index (Phi) is 5.00. The van der Waals surface area contributed by atoms with Crippen LogP contribution in [0.1, 0.15) is 5.48 Å². The lowest BCUT2D eigenvalue weighted by Gasteiger charge is -2.18. The normalized spacial score (nSPS) is 12.8. The van der Waals surface area contributed by atoms with Crippen molar-refractivity contribution >= 4 is 43.5 Å². The van der Waals surface area contributed by atoms with Crippen LogP contribution < -0.4 is 0 Å². The summed E-state index contributed by atoms with van der Waals surface area (Å²) in [6.07, 6.45) is 0. The fourth-order valence-electron chi connectivity index (χ4n) is 6.73. The van der Waals surface area contributed by atoms with E-state index in [9.17, 15) is 2.74 Å². The molecule has 1 heteroatoms. The maximum Gasteiger partial charge on any atom is 0.136 e. The zero-order valence-electron chi connectivity index (χ0n) is 28.3. The second kappa shape index (κ2) is 10.4. The fourth-order valence-corrected chi connectivity index (χ4v) is 6.73. The molecule has 0 aliphatic heterocycles. The fraction of sp³-hybridized carbons (Fsp3) is 0. The third-order valence-electron chi connectivity index (χ3n) is 8.74. The highest BCUT2D eigenvalue weighted by Gasteiger charge is 2.18. The molecule has 1 aromatic heterocycles. The van der Waals surface area contributed by atoms with Crippen LogP contribution in [-0.2, 0) is 0 Å². The highest BCUT2D eigenvalue weighted by atomic mass is 16.3. The van der Waals surface area contributed by atoms with Gasteiger partial charge in [0.25, 0.3) is 0 Å². The van der Waals surface area contributed by atoms with Crippen LogP contribution in [-0.4, -0.2) is 0 Å². The summed E-state index contributed by atoms with van der Waals surface area (Å²) in [4.78, 5) is 0. The first kappa shape index (κ1) is 21.7. The van der Waals surface area contributed by atoms with Crippen molar-refractivity contribution in [3.63, 3.8) is 0 Å². The van der Waals surface area contributed by atoms with Crippen molar-refractivity contribution in [1.82, 2.24) is 0 Å². The summed E-state index contributed by atoms with van der Waals surface area (Å²) in [5.41, 5.74) is 7.87. The van der Waals surface area contributed by atoms with E-state index in [1.165, 1.54) is 0 Å². The molecule has 0 bridgehead atoms. The highest BCUT2D eigenvalue weighted by Crippen LogP contribution is 2.45. The lowest BCUT2D eigenvalue weighted by molar-refractivity contribution is 0.669. The summed E-state index contributed by atoms with van der Waals surface area (Å²) < 4.78 is 43.1. The quantitative estimate of drug-likeness (QED) is 0.190. The second-order valence-electron chi connectivity index (χ2n) is 11.3. The van der Waals surface area contributed by atoms with Gasteiger partial charge in [0.15, 0.2) is 0 Å². The molecular formula is C44H28O. The van der Waals surface area contributed by atoms with Gasteiger partial charge in [0.05, 0.1) is 5.48 Å². The number of benzene rings is 8. The van der Waals surface area contributed by atoms with E-state index in [0.29, 0.717) is 22.3 Å². The van der Waals surface area contributed by atoms with Gasteiger partial charge in [-0.25, -0.2) is 0 Å². The monoisotopic (exact) mass is 576 g/mol. The van der Waals surface area contributed by atoms with Gasteiger partial charge in [-0.2, -0.15) is 0 Å². The molecule has 0 aliphatic rings. The Labute approximate surface area is 267 Å². The van der Waals surface area contributed by atoms with E-state index in [0.717, 1.165) is 65.7 Å². The molecule has 0 atom stereocenters. The summed E-state index contributed by atoms with van der Waals surface area (Å²) in [5.74, 6) is 0. The Hall–Kier alpha value is -5.92. The van der Waals surface area contributed by atoms with Crippen molar-refractivity contribution in [2.45, 2.75) is 0 Å². The van der Waals surface area contributed by atoms with Crippen LogP contribution in [0, 0.1) is 0 Å². The molecule has 1 nitrogen and oxygen atoms in total. The first-order valence-electron chi connectivity index (χ1n) is 17.1. The van der Waals surface area contributed by atoms with Gasteiger partial charge in [0.1, 0.15) is 11.2 Å². The van der Waals surface area contributed by atoms with E-state index < -0.39 is 0 Å². The zero-order chi connectivity index (χ0) is 33.2. The van der Waals surface area contributed by atoms with Crippen molar-refractivity contribution in [2.24, 2.45) is 0 Å². The zero-order valence-corrected chi connectivity index (χ0v) is 24.3. The molecule has 0 unspecified atom stereocenters. The van der Waals surface area contributed by atoms with Crippen LogP contribution in [0.3, 0.4) is 0 Å². The van der Waals surface area contributed by atoms with Gasteiger partial charge in [0, 0.05) is 10.8 Å². The minimum Gasteiger partial charge on any atom is -0.456 e. The predicted molar refractivity (Wildman–Crippen MR) is 190 cm³/mol. The SMILES string of the molecule is [2H]c1c([2H])c(-c2c3ccccc3c(-c3ccc4c(c3)oc3cccc(-c5ccccc5)c34)c3ccccc23)c([2H])c([2H])c1-c1ccccc1. The van der Waals surface area contributed by atoms with Gasteiger partial charge < -0.3 is 4.42 Å². The van der Waals surface area contributed by atoms with E-state index in [2.05, 4.69) is 60.7 Å². The van der Waals surface area contributed by atoms with E-state index in [-0.39, 0.29) is 24.2 Å². The molecule has 1 heterocycles. The molecule has 0 amide bonds. The van der Waals surface area contributed by atoms with Gasteiger partial charge in [-0.05, 0) is 84.3 Å². The molecular weight excluding hydrogens is 544 g/mol. The minimum atomic E-state index is -0.0548. The smallest absolute Gasteiger partial charge is 0.136 e. The van der Waals surface area contributed by atoms with E-state index in [4.69, 9.17) is 7.16 Å². The Morgan fingerprint density at radius 2 is 0.889 bits per heavy atom. The van der Waals surface area contributed by atoms with Crippen molar-refractivity contribution in [3.8, 4) is 44.5 Å². The molecule has 45 heavy (non-hydrogen) atoms. The Balaban J connectivity index is 1.32. The van der Waals surface area contributed by atoms with E-state index in [1.807, 2.05) is 84.9 Å². The molecule has 0 N–H and O–H groups in total. The summed E-state index contributed by atoms with van der Waals surface area (Å²) in [7, 11) is 0. The molecule has 210 valence electrons. The van der Waals surface area contributed by atoms with Crippen LogP contribution in [0.4, 0.5) is 0 Å². The Morgan fingerprint density at radius 3 is 1.51 bits per heavy atom. The lowest BCUT2D eigenvalue weighted by atomic mass is 9.85. The summed E-state index contributed by atoms with van der Waals surface area (Å²) in [5, 5.41) is 5.77. The summed E-state index contributed by atoms with van der Waals surface area (Å²) in [6, 6.07) is 48.1. The van der Waals surface area contributed by atoms with Crippen molar-refractivity contribution < 1.29 is 9.90 Å². The largest absolute Gasteiger partial charge is 0.456 e. The molecule has 9 aromatic rings. The molecule has 0 aliphatic carbocycles. The van der Waals surface area contributed by atoms with Gasteiger partial charge in [-0.3, -0.25) is 0 Å². The number of hydrogen-bond acceptors (Lipinski definition) is 1. The lowest BCUT2D eigenvalue weighted by Crippen LogP contribution is -1.91. The Morgan fingerprint density at radius 1 is 0.356 bits per heavy atom. The highest BCUT2D eigenvalue weighted by molar-refractivity contribution is 6.22. The number of fused-ring (bicyclic) bond motifs is 5. The predicted octanol–water partition coefficient (Wildman–Crippen LogP) is 12.6.